The molecule has 0 atom stereocenters. The van der Waals surface area contributed by atoms with E-state index in [0.717, 1.165) is 51.4 Å². The second-order valence-corrected chi connectivity index (χ2v) is 8.50. The average molecular weight is 429 g/mol. The maximum Gasteiger partial charge on any atom is 0.255 e. The zero-order chi connectivity index (χ0) is 22.6. The van der Waals surface area contributed by atoms with Gasteiger partial charge in [0.15, 0.2) is 5.78 Å². The summed E-state index contributed by atoms with van der Waals surface area (Å²) in [5, 5.41) is 15.8. The number of nitrogens with one attached hydrogen (secondary N) is 2. The third kappa shape index (κ3) is 8.56. The molecule has 0 unspecified atom stereocenters. The van der Waals surface area contributed by atoms with Gasteiger partial charge in [0.2, 0.25) is 0 Å². The Hall–Kier alpha value is -2.63. The summed E-state index contributed by atoms with van der Waals surface area (Å²) in [6, 6.07) is 0.291. The van der Waals surface area contributed by atoms with Crippen molar-refractivity contribution in [2.45, 2.75) is 90.1 Å². The first-order valence-electron chi connectivity index (χ1n) is 11.5. The minimum absolute atomic E-state index is 0.0511. The lowest BCUT2D eigenvalue weighted by molar-refractivity contribution is -0.122. The highest BCUT2D eigenvalue weighted by Gasteiger charge is 2.20. The Morgan fingerprint density at radius 1 is 0.742 bits per heavy atom. The minimum atomic E-state index is -0.341. The normalized spacial score (nSPS) is 20.0. The Balaban J connectivity index is 1.96. The van der Waals surface area contributed by atoms with Crippen molar-refractivity contribution in [2.75, 3.05) is 0 Å². The third-order valence-corrected chi connectivity index (χ3v) is 5.89. The summed E-state index contributed by atoms with van der Waals surface area (Å²) in [6.45, 7) is 2.86. The van der Waals surface area contributed by atoms with Crippen LogP contribution in [0.1, 0.15) is 78.1 Å². The Labute approximate surface area is 185 Å². The van der Waals surface area contributed by atoms with Crippen LogP contribution >= 0.6 is 0 Å². The molecule has 2 saturated carbocycles. The summed E-state index contributed by atoms with van der Waals surface area (Å²) < 4.78 is 0. The Morgan fingerprint density at radius 2 is 1.26 bits per heavy atom. The van der Waals surface area contributed by atoms with Crippen LogP contribution in [0.25, 0.3) is 0 Å². The second kappa shape index (κ2) is 12.9. The molecule has 0 heterocycles. The van der Waals surface area contributed by atoms with Crippen LogP contribution in [0.15, 0.2) is 47.3 Å². The van der Waals surface area contributed by atoms with Gasteiger partial charge >= 0.3 is 0 Å². The van der Waals surface area contributed by atoms with E-state index in [0.29, 0.717) is 0 Å². The highest BCUT2D eigenvalue weighted by Crippen LogP contribution is 2.19. The minimum Gasteiger partial charge on any atom is -0.512 e. The predicted molar refractivity (Wildman–Crippen MR) is 122 cm³/mol. The molecule has 3 N–H and O–H groups in total. The fraction of sp³-hybridized carbons (Fsp3) is 0.560. The first kappa shape index (κ1) is 24.6. The van der Waals surface area contributed by atoms with E-state index in [-0.39, 0.29) is 46.6 Å². The molecule has 0 spiro atoms. The summed E-state index contributed by atoms with van der Waals surface area (Å²) in [5.41, 5.74) is 0.320. The average Bonchev–Trinajstić information content (AvgIpc) is 2.73. The predicted octanol–water partition coefficient (Wildman–Crippen LogP) is 4.34. The van der Waals surface area contributed by atoms with Crippen LogP contribution in [0.5, 0.6) is 0 Å². The molecule has 0 aromatic rings. The van der Waals surface area contributed by atoms with Crippen LogP contribution in [-0.4, -0.2) is 34.8 Å². The van der Waals surface area contributed by atoms with Crippen LogP contribution < -0.4 is 10.6 Å². The first-order valence-corrected chi connectivity index (χ1v) is 11.5. The molecule has 2 amide bonds. The lowest BCUT2D eigenvalue weighted by Gasteiger charge is -2.23. The van der Waals surface area contributed by atoms with Crippen LogP contribution in [0.2, 0.25) is 0 Å². The molecule has 0 saturated heterocycles. The Kier molecular flexibility index (Phi) is 10.3. The molecule has 6 nitrogen and oxygen atoms in total. The molecule has 0 aliphatic heterocycles. The molecule has 0 bridgehead atoms. The number of ketones is 1. The molecule has 0 aromatic heterocycles. The van der Waals surface area contributed by atoms with E-state index in [1.807, 2.05) is 0 Å². The zero-order valence-corrected chi connectivity index (χ0v) is 18.8. The molecule has 2 rings (SSSR count). The fourth-order valence-electron chi connectivity index (χ4n) is 4.10. The molecule has 2 aliphatic carbocycles. The van der Waals surface area contributed by atoms with E-state index in [2.05, 4.69) is 10.6 Å². The van der Waals surface area contributed by atoms with Gasteiger partial charge in [0.05, 0.1) is 11.1 Å². The summed E-state index contributed by atoms with van der Waals surface area (Å²) in [6.07, 6.45) is 18.5. The molecule has 6 heteroatoms. The number of carbonyl (C=O) groups is 3. The quantitative estimate of drug-likeness (QED) is 0.176. The third-order valence-electron chi connectivity index (χ3n) is 5.89. The summed E-state index contributed by atoms with van der Waals surface area (Å²) in [7, 11) is 0. The summed E-state index contributed by atoms with van der Waals surface area (Å²) in [4.78, 5) is 36.8. The van der Waals surface area contributed by atoms with Crippen LogP contribution in [0.3, 0.4) is 0 Å². The number of carbonyl (C=O) groups excluding carboxylic acids is 3. The largest absolute Gasteiger partial charge is 0.512 e. The smallest absolute Gasteiger partial charge is 0.255 e. The van der Waals surface area contributed by atoms with Crippen molar-refractivity contribution in [1.29, 1.82) is 0 Å². The SMILES string of the molecule is CC(=O)C(=CC=CC=C/C(C(=O)NC1CCCCC1)=C(/C)O)C(=O)NC1CCCCC1. The molecule has 0 radical (unpaired) electrons. The van der Waals surface area contributed by atoms with Gasteiger partial charge in [-0.15, -0.1) is 0 Å². The van der Waals surface area contributed by atoms with Crippen molar-refractivity contribution < 1.29 is 19.5 Å². The van der Waals surface area contributed by atoms with Crippen molar-refractivity contribution in [1.82, 2.24) is 10.6 Å². The fourth-order valence-corrected chi connectivity index (χ4v) is 4.10. The summed E-state index contributed by atoms with van der Waals surface area (Å²) >= 11 is 0. The molecular formula is C25H36N2O4. The zero-order valence-electron chi connectivity index (χ0n) is 18.8. The van der Waals surface area contributed by atoms with Crippen LogP contribution in [-0.2, 0) is 14.4 Å². The summed E-state index contributed by atoms with van der Waals surface area (Å²) in [5.74, 6) is -0.972. The lowest BCUT2D eigenvalue weighted by atomic mass is 9.95. The van der Waals surface area contributed by atoms with Gasteiger partial charge in [0.1, 0.15) is 5.76 Å². The van der Waals surface area contributed by atoms with Crippen LogP contribution in [0, 0.1) is 0 Å². The number of aliphatic hydroxyl groups is 1. The molecule has 31 heavy (non-hydrogen) atoms. The Morgan fingerprint density at radius 3 is 1.74 bits per heavy atom. The van der Waals surface area contributed by atoms with Crippen molar-refractivity contribution in [3.8, 4) is 0 Å². The second-order valence-electron chi connectivity index (χ2n) is 8.50. The first-order chi connectivity index (χ1) is 14.9. The van der Waals surface area contributed by atoms with Gasteiger partial charge in [0.25, 0.3) is 11.8 Å². The number of amides is 2. The van der Waals surface area contributed by atoms with E-state index < -0.39 is 0 Å². The molecular weight excluding hydrogens is 392 g/mol. The maximum atomic E-state index is 12.5. The van der Waals surface area contributed by atoms with Gasteiger partial charge in [-0.3, -0.25) is 14.4 Å². The van der Waals surface area contributed by atoms with E-state index in [4.69, 9.17) is 0 Å². The molecule has 170 valence electrons. The van der Waals surface area contributed by atoms with E-state index in [1.165, 1.54) is 38.8 Å². The maximum absolute atomic E-state index is 12.5. The lowest BCUT2D eigenvalue weighted by Crippen LogP contribution is -2.38. The standard InChI is InChI=1S/C25H36N2O4/c1-18(28)22(24(30)26-20-12-6-3-7-13-20)16-10-5-11-17-23(19(2)29)25(31)27-21-14-8-4-9-15-21/h5,10-11,16-17,20-21,28H,3-4,6-9,12-15H2,1-2H3,(H,26,30)(H,27,31)/b11-5?,16-10?,22-18+,23-17?. The van der Waals surface area contributed by atoms with Gasteiger partial charge in [-0.25, -0.2) is 0 Å². The van der Waals surface area contributed by atoms with Crippen molar-refractivity contribution in [3.63, 3.8) is 0 Å². The van der Waals surface area contributed by atoms with E-state index in [1.54, 1.807) is 18.2 Å². The van der Waals surface area contributed by atoms with Crippen molar-refractivity contribution in [2.24, 2.45) is 0 Å². The molecule has 2 aliphatic rings. The van der Waals surface area contributed by atoms with Gasteiger partial charge in [0, 0.05) is 12.1 Å². The van der Waals surface area contributed by atoms with E-state index >= 15 is 0 Å². The van der Waals surface area contributed by atoms with Crippen LogP contribution in [0.4, 0.5) is 0 Å². The number of rotatable bonds is 8. The van der Waals surface area contributed by atoms with Crippen molar-refractivity contribution in [3.05, 3.63) is 47.3 Å². The topological polar surface area (TPSA) is 95.5 Å². The van der Waals surface area contributed by atoms with Gasteiger partial charge in [-0.05, 0) is 51.7 Å². The molecule has 2 fully saturated rings. The van der Waals surface area contributed by atoms with Gasteiger partial charge in [-0.2, -0.15) is 0 Å². The monoisotopic (exact) mass is 428 g/mol. The van der Waals surface area contributed by atoms with Crippen molar-refractivity contribution >= 4 is 17.6 Å². The highest BCUT2D eigenvalue weighted by atomic mass is 16.3. The number of hydrogen-bond acceptors (Lipinski definition) is 4. The molecule has 0 aromatic carbocycles. The number of Topliss-reactive ketones (excluding diaryl/α,β-unsaturated/α-hetero) is 1. The number of aliphatic hydroxyl groups excluding tert-OH is 1. The Bertz CT molecular complexity index is 760. The highest BCUT2D eigenvalue weighted by molar-refractivity contribution is 6.18. The van der Waals surface area contributed by atoms with Gasteiger partial charge < -0.3 is 15.7 Å². The van der Waals surface area contributed by atoms with Gasteiger partial charge in [-0.1, -0.05) is 56.8 Å². The number of hydrogen-bond donors (Lipinski definition) is 3. The van der Waals surface area contributed by atoms with E-state index in [9.17, 15) is 19.5 Å². The number of allylic oxidation sites excluding steroid dienone is 5.